The van der Waals surface area contributed by atoms with Crippen LogP contribution in [-0.4, -0.2) is 60.7 Å². The highest BCUT2D eigenvalue weighted by Crippen LogP contribution is 2.30. The van der Waals surface area contributed by atoms with Crippen LogP contribution in [0.3, 0.4) is 0 Å². The van der Waals surface area contributed by atoms with Crippen molar-refractivity contribution in [2.75, 3.05) is 39.8 Å². The largest absolute Gasteiger partial charge is 0.374 e. The molecule has 0 aromatic carbocycles. The van der Waals surface area contributed by atoms with Crippen LogP contribution in [0.25, 0.3) is 0 Å². The molecule has 1 aromatic heterocycles. The molecule has 0 N–H and O–H groups in total. The zero-order chi connectivity index (χ0) is 13.8. The second-order valence-electron chi connectivity index (χ2n) is 6.21. The van der Waals surface area contributed by atoms with E-state index < -0.39 is 0 Å². The Labute approximate surface area is 121 Å². The zero-order valence-corrected chi connectivity index (χ0v) is 12.4. The van der Waals surface area contributed by atoms with E-state index in [0.717, 1.165) is 44.4 Å². The van der Waals surface area contributed by atoms with Gasteiger partial charge in [0, 0.05) is 38.9 Å². The van der Waals surface area contributed by atoms with Crippen molar-refractivity contribution in [2.45, 2.75) is 25.5 Å². The number of likely N-dealkylation sites (N-methyl/N-ethyl adjacent to an activating group) is 1. The van der Waals surface area contributed by atoms with Gasteiger partial charge in [-0.25, -0.2) is 0 Å². The van der Waals surface area contributed by atoms with Crippen LogP contribution in [0.1, 0.15) is 18.5 Å². The minimum Gasteiger partial charge on any atom is -0.374 e. The molecule has 1 aliphatic carbocycles. The molecule has 1 saturated heterocycles. The quantitative estimate of drug-likeness (QED) is 0.789. The fraction of sp³-hybridized carbons (Fsp3) is 0.688. The van der Waals surface area contributed by atoms with Crippen LogP contribution in [0.2, 0.25) is 0 Å². The standard InChI is InChI=1S/C16H25N3O/c1-18-8-9-20-16(12-18)13-19(10-14-5-6-14)11-15-4-2-3-7-17-15/h2-4,7,14,16H,5-6,8-13H2,1H3. The highest BCUT2D eigenvalue weighted by atomic mass is 16.5. The lowest BCUT2D eigenvalue weighted by Gasteiger charge is -2.34. The van der Waals surface area contributed by atoms with Gasteiger partial charge in [-0.15, -0.1) is 0 Å². The molecule has 0 amide bonds. The number of pyridine rings is 1. The molecule has 2 heterocycles. The van der Waals surface area contributed by atoms with Crippen LogP contribution < -0.4 is 0 Å². The summed E-state index contributed by atoms with van der Waals surface area (Å²) >= 11 is 0. The van der Waals surface area contributed by atoms with Crippen molar-refractivity contribution in [1.29, 1.82) is 0 Å². The number of hydrogen-bond donors (Lipinski definition) is 0. The molecule has 20 heavy (non-hydrogen) atoms. The van der Waals surface area contributed by atoms with Gasteiger partial charge in [0.25, 0.3) is 0 Å². The summed E-state index contributed by atoms with van der Waals surface area (Å²) in [6.07, 6.45) is 5.01. The molecule has 110 valence electrons. The van der Waals surface area contributed by atoms with E-state index >= 15 is 0 Å². The van der Waals surface area contributed by atoms with E-state index in [0.29, 0.717) is 6.10 Å². The minimum absolute atomic E-state index is 0.344. The van der Waals surface area contributed by atoms with Crippen molar-refractivity contribution in [3.05, 3.63) is 30.1 Å². The van der Waals surface area contributed by atoms with Crippen LogP contribution in [0.5, 0.6) is 0 Å². The fourth-order valence-electron chi connectivity index (χ4n) is 2.86. The van der Waals surface area contributed by atoms with Crippen molar-refractivity contribution in [1.82, 2.24) is 14.8 Å². The van der Waals surface area contributed by atoms with Gasteiger partial charge < -0.3 is 9.64 Å². The first-order valence-electron chi connectivity index (χ1n) is 7.72. The van der Waals surface area contributed by atoms with Crippen LogP contribution in [0, 0.1) is 5.92 Å². The van der Waals surface area contributed by atoms with Gasteiger partial charge in [0.1, 0.15) is 0 Å². The van der Waals surface area contributed by atoms with E-state index in [4.69, 9.17) is 4.74 Å². The lowest BCUT2D eigenvalue weighted by atomic mass is 10.2. The fourth-order valence-corrected chi connectivity index (χ4v) is 2.86. The van der Waals surface area contributed by atoms with Crippen LogP contribution in [-0.2, 0) is 11.3 Å². The summed E-state index contributed by atoms with van der Waals surface area (Å²) in [7, 11) is 2.18. The Morgan fingerprint density at radius 2 is 2.25 bits per heavy atom. The van der Waals surface area contributed by atoms with Crippen molar-refractivity contribution < 1.29 is 4.74 Å². The summed E-state index contributed by atoms with van der Waals surface area (Å²) in [5.74, 6) is 0.903. The van der Waals surface area contributed by atoms with Gasteiger partial charge in [-0.05, 0) is 37.9 Å². The molecule has 1 atom stereocenters. The van der Waals surface area contributed by atoms with E-state index in [2.05, 4.69) is 34.0 Å². The lowest BCUT2D eigenvalue weighted by Crippen LogP contribution is -2.46. The summed E-state index contributed by atoms with van der Waals surface area (Å²) in [6.45, 7) is 6.13. The molecule has 4 heteroatoms. The van der Waals surface area contributed by atoms with Crippen LogP contribution >= 0.6 is 0 Å². The van der Waals surface area contributed by atoms with Crippen molar-refractivity contribution in [3.63, 3.8) is 0 Å². The molecule has 3 rings (SSSR count). The molecular formula is C16H25N3O. The Balaban J connectivity index is 1.57. The number of hydrogen-bond acceptors (Lipinski definition) is 4. The third-order valence-electron chi connectivity index (χ3n) is 4.13. The second kappa shape index (κ2) is 6.66. The van der Waals surface area contributed by atoms with Gasteiger partial charge in [-0.1, -0.05) is 6.07 Å². The first kappa shape index (κ1) is 14.0. The first-order valence-corrected chi connectivity index (χ1v) is 7.72. The normalized spacial score (nSPS) is 24.2. The Hall–Kier alpha value is -0.970. The highest BCUT2D eigenvalue weighted by molar-refractivity contribution is 5.03. The smallest absolute Gasteiger partial charge is 0.0829 e. The Morgan fingerprint density at radius 3 is 2.95 bits per heavy atom. The number of rotatable bonds is 6. The van der Waals surface area contributed by atoms with E-state index in [1.165, 1.54) is 19.4 Å². The average Bonchev–Trinajstić information content (AvgIpc) is 3.24. The maximum atomic E-state index is 5.91. The molecule has 1 unspecified atom stereocenters. The van der Waals surface area contributed by atoms with Crippen molar-refractivity contribution >= 4 is 0 Å². The molecule has 1 aliphatic heterocycles. The topological polar surface area (TPSA) is 28.6 Å². The predicted molar refractivity (Wildman–Crippen MR) is 79.5 cm³/mol. The second-order valence-corrected chi connectivity index (χ2v) is 6.21. The minimum atomic E-state index is 0.344. The molecule has 1 saturated carbocycles. The number of nitrogens with zero attached hydrogens (tertiary/aromatic N) is 3. The third-order valence-corrected chi connectivity index (χ3v) is 4.13. The maximum absolute atomic E-state index is 5.91. The van der Waals surface area contributed by atoms with Gasteiger partial charge in [0.2, 0.25) is 0 Å². The average molecular weight is 275 g/mol. The summed E-state index contributed by atoms with van der Waals surface area (Å²) in [4.78, 5) is 9.36. The molecule has 1 aromatic rings. The highest BCUT2D eigenvalue weighted by Gasteiger charge is 2.27. The van der Waals surface area contributed by atoms with Crippen LogP contribution in [0.4, 0.5) is 0 Å². The van der Waals surface area contributed by atoms with E-state index in [-0.39, 0.29) is 0 Å². The molecular weight excluding hydrogens is 250 g/mol. The molecule has 0 radical (unpaired) electrons. The molecule has 2 fully saturated rings. The number of morpholine rings is 1. The van der Waals surface area contributed by atoms with Crippen LogP contribution in [0.15, 0.2) is 24.4 Å². The maximum Gasteiger partial charge on any atom is 0.0829 e. The molecule has 0 spiro atoms. The van der Waals surface area contributed by atoms with Gasteiger partial charge in [-0.3, -0.25) is 9.88 Å². The van der Waals surface area contributed by atoms with Gasteiger partial charge in [-0.2, -0.15) is 0 Å². The number of aromatic nitrogens is 1. The van der Waals surface area contributed by atoms with E-state index in [1.54, 1.807) is 0 Å². The molecule has 4 nitrogen and oxygen atoms in total. The third kappa shape index (κ3) is 4.27. The number of ether oxygens (including phenoxy) is 1. The van der Waals surface area contributed by atoms with Crippen molar-refractivity contribution in [2.24, 2.45) is 5.92 Å². The Kier molecular flexibility index (Phi) is 4.65. The summed E-state index contributed by atoms with van der Waals surface area (Å²) in [5, 5.41) is 0. The van der Waals surface area contributed by atoms with Gasteiger partial charge in [0.05, 0.1) is 18.4 Å². The van der Waals surface area contributed by atoms with Gasteiger partial charge in [0.15, 0.2) is 0 Å². The Morgan fingerprint density at radius 1 is 1.35 bits per heavy atom. The first-order chi connectivity index (χ1) is 9.79. The molecule has 2 aliphatic rings. The van der Waals surface area contributed by atoms with E-state index in [9.17, 15) is 0 Å². The summed E-state index contributed by atoms with van der Waals surface area (Å²) < 4.78 is 5.91. The van der Waals surface area contributed by atoms with Crippen molar-refractivity contribution in [3.8, 4) is 0 Å². The van der Waals surface area contributed by atoms with Gasteiger partial charge >= 0.3 is 0 Å². The molecule has 0 bridgehead atoms. The zero-order valence-electron chi connectivity index (χ0n) is 12.4. The van der Waals surface area contributed by atoms with E-state index in [1.807, 2.05) is 12.3 Å². The Bertz CT molecular complexity index is 407. The summed E-state index contributed by atoms with van der Waals surface area (Å²) in [6, 6.07) is 6.17. The monoisotopic (exact) mass is 275 g/mol. The SMILES string of the molecule is CN1CCOC(CN(Cc2ccccn2)CC2CC2)C1. The summed E-state index contributed by atoms with van der Waals surface area (Å²) in [5.41, 5.74) is 1.16. The lowest BCUT2D eigenvalue weighted by molar-refractivity contribution is -0.0374. The predicted octanol–water partition coefficient (Wildman–Crippen LogP) is 1.62.